The molecule has 0 amide bonds. The second-order valence-electron chi connectivity index (χ2n) is 15.9. The van der Waals surface area contributed by atoms with E-state index in [1.165, 1.54) is 116 Å². The van der Waals surface area contributed by atoms with E-state index in [9.17, 15) is 19.5 Å². The van der Waals surface area contributed by atoms with Gasteiger partial charge in [-0.25, -0.2) is 0 Å². The summed E-state index contributed by atoms with van der Waals surface area (Å²) in [6.45, 7) is 4.63. The fourth-order valence-electron chi connectivity index (χ4n) is 6.46. The zero-order valence-corrected chi connectivity index (χ0v) is 34.7. The van der Waals surface area contributed by atoms with Crippen molar-refractivity contribution in [3.05, 3.63) is 12.2 Å². The summed E-state index contributed by atoms with van der Waals surface area (Å²) in [7, 11) is 5.41. The number of unbranched alkanes of at least 4 members (excludes halogenated alkanes) is 23. The quantitative estimate of drug-likeness (QED) is 0.0268. The predicted molar refractivity (Wildman–Crippen MR) is 213 cm³/mol. The molecule has 0 heterocycles. The maximum Gasteiger partial charge on any atom is 0.306 e. The lowest BCUT2D eigenvalue weighted by Crippen LogP contribution is -2.55. The first kappa shape index (κ1) is 50.1. The largest absolute Gasteiger partial charge is 0.544 e. The summed E-state index contributed by atoms with van der Waals surface area (Å²) in [5, 5.41) is 11.6. The van der Waals surface area contributed by atoms with Crippen LogP contribution >= 0.6 is 0 Å². The van der Waals surface area contributed by atoms with E-state index in [0.29, 0.717) is 12.8 Å². The Hall–Kier alpha value is -1.93. The number of quaternary nitrogens is 1. The molecular weight excluding hydrogens is 654 g/mol. The normalized spacial score (nSPS) is 13.0. The Labute approximate surface area is 320 Å². The van der Waals surface area contributed by atoms with E-state index in [1.54, 1.807) is 21.1 Å². The molecule has 8 heteroatoms. The number of aliphatic carboxylic acids is 1. The lowest BCUT2D eigenvalue weighted by atomic mass is 10.0. The first-order valence-corrected chi connectivity index (χ1v) is 21.7. The fourth-order valence-corrected chi connectivity index (χ4v) is 6.46. The van der Waals surface area contributed by atoms with E-state index >= 15 is 0 Å². The van der Waals surface area contributed by atoms with Crippen LogP contribution in [-0.2, 0) is 28.6 Å². The number of ether oxygens (including phenoxy) is 3. The summed E-state index contributed by atoms with van der Waals surface area (Å²) in [5.74, 6) is -1.74. The number of esters is 2. The molecule has 2 unspecified atom stereocenters. The van der Waals surface area contributed by atoms with Crippen LogP contribution in [0.4, 0.5) is 0 Å². The zero-order valence-electron chi connectivity index (χ0n) is 34.7. The standard InChI is InChI=1S/C44H83NO7/c1-6-8-10-12-14-16-18-19-20-21-22-23-25-26-28-30-32-34-42(46)51-39-40(38-50-37-36-41(44(48)49)45(3,4)5)52-43(47)35-33-31-29-27-24-17-15-13-11-9-7-2/h13,15,40-41H,6-12,14,16-39H2,1-5H3/b15-13-. The van der Waals surface area contributed by atoms with Gasteiger partial charge in [0.05, 0.1) is 40.3 Å². The van der Waals surface area contributed by atoms with Crippen LogP contribution in [-0.4, -0.2) is 75.5 Å². The molecule has 0 aromatic rings. The first-order valence-electron chi connectivity index (χ1n) is 21.7. The molecule has 0 aromatic carbocycles. The highest BCUT2D eigenvalue weighted by Crippen LogP contribution is 2.15. The number of likely N-dealkylation sites (N-methyl/N-ethyl adjacent to an activating group) is 1. The van der Waals surface area contributed by atoms with Crippen LogP contribution in [0.2, 0.25) is 0 Å². The van der Waals surface area contributed by atoms with Gasteiger partial charge in [-0.05, 0) is 32.1 Å². The molecule has 52 heavy (non-hydrogen) atoms. The molecule has 0 aromatic heterocycles. The van der Waals surface area contributed by atoms with Gasteiger partial charge in [0.2, 0.25) is 0 Å². The Morgan fingerprint density at radius 1 is 0.558 bits per heavy atom. The van der Waals surface area contributed by atoms with Crippen LogP contribution in [0.5, 0.6) is 0 Å². The highest BCUT2D eigenvalue weighted by Gasteiger charge is 2.25. The van der Waals surface area contributed by atoms with Gasteiger partial charge < -0.3 is 28.6 Å². The highest BCUT2D eigenvalue weighted by atomic mass is 16.6. The second kappa shape index (κ2) is 36.1. The Morgan fingerprint density at radius 2 is 0.981 bits per heavy atom. The number of hydrogen-bond donors (Lipinski definition) is 0. The molecule has 0 bridgehead atoms. The maximum absolute atomic E-state index is 12.7. The van der Waals surface area contributed by atoms with Crippen LogP contribution in [0, 0.1) is 0 Å². The van der Waals surface area contributed by atoms with Crippen LogP contribution in [0.3, 0.4) is 0 Å². The van der Waals surface area contributed by atoms with E-state index in [0.717, 1.165) is 51.4 Å². The predicted octanol–water partition coefficient (Wildman–Crippen LogP) is 10.2. The lowest BCUT2D eigenvalue weighted by Gasteiger charge is -2.34. The van der Waals surface area contributed by atoms with Crippen molar-refractivity contribution in [2.75, 3.05) is 41.0 Å². The third-order valence-electron chi connectivity index (χ3n) is 9.90. The van der Waals surface area contributed by atoms with Crippen LogP contribution in [0.15, 0.2) is 12.2 Å². The van der Waals surface area contributed by atoms with Gasteiger partial charge in [-0.2, -0.15) is 0 Å². The lowest BCUT2D eigenvalue weighted by molar-refractivity contribution is -0.889. The summed E-state index contributed by atoms with van der Waals surface area (Å²) in [5.41, 5.74) is 0. The van der Waals surface area contributed by atoms with Gasteiger partial charge >= 0.3 is 11.9 Å². The highest BCUT2D eigenvalue weighted by molar-refractivity contribution is 5.70. The van der Waals surface area contributed by atoms with E-state index in [-0.39, 0.29) is 42.7 Å². The smallest absolute Gasteiger partial charge is 0.306 e. The Kier molecular flexibility index (Phi) is 34.7. The monoisotopic (exact) mass is 738 g/mol. The minimum absolute atomic E-state index is 0.0425. The molecule has 0 fully saturated rings. The zero-order chi connectivity index (χ0) is 38.5. The van der Waals surface area contributed by atoms with Crippen molar-refractivity contribution in [3.8, 4) is 0 Å². The van der Waals surface area contributed by atoms with Crippen molar-refractivity contribution in [2.45, 2.75) is 212 Å². The Morgan fingerprint density at radius 3 is 1.44 bits per heavy atom. The Bertz CT molecular complexity index is 869. The van der Waals surface area contributed by atoms with E-state index in [1.807, 2.05) is 0 Å². The number of carbonyl (C=O) groups excluding carboxylic acids is 3. The molecular formula is C44H83NO7. The minimum Gasteiger partial charge on any atom is -0.544 e. The molecule has 306 valence electrons. The number of carbonyl (C=O) groups is 3. The van der Waals surface area contributed by atoms with Crippen molar-refractivity contribution in [2.24, 2.45) is 0 Å². The van der Waals surface area contributed by atoms with E-state index < -0.39 is 18.1 Å². The molecule has 0 radical (unpaired) electrons. The summed E-state index contributed by atoms with van der Waals surface area (Å²) in [6.07, 6.45) is 36.6. The van der Waals surface area contributed by atoms with Crippen molar-refractivity contribution < 1.29 is 38.2 Å². The number of hydrogen-bond acceptors (Lipinski definition) is 7. The van der Waals surface area contributed by atoms with Crippen molar-refractivity contribution in [3.63, 3.8) is 0 Å². The molecule has 0 N–H and O–H groups in total. The van der Waals surface area contributed by atoms with Gasteiger partial charge in [0.25, 0.3) is 0 Å². The number of rotatable bonds is 39. The first-order chi connectivity index (χ1) is 25.1. The fraction of sp³-hybridized carbons (Fsp3) is 0.886. The van der Waals surface area contributed by atoms with Crippen molar-refractivity contribution >= 4 is 17.9 Å². The third-order valence-corrected chi connectivity index (χ3v) is 9.90. The molecule has 0 aliphatic carbocycles. The van der Waals surface area contributed by atoms with E-state index in [4.69, 9.17) is 14.2 Å². The van der Waals surface area contributed by atoms with Gasteiger partial charge in [0, 0.05) is 19.3 Å². The van der Waals surface area contributed by atoms with Gasteiger partial charge in [-0.3, -0.25) is 9.59 Å². The summed E-state index contributed by atoms with van der Waals surface area (Å²) in [4.78, 5) is 36.7. The van der Waals surface area contributed by atoms with Gasteiger partial charge in [-0.15, -0.1) is 0 Å². The number of allylic oxidation sites excluding steroid dienone is 2. The van der Waals surface area contributed by atoms with Crippen LogP contribution in [0.25, 0.3) is 0 Å². The summed E-state index contributed by atoms with van der Waals surface area (Å²) in [6, 6.07) is -0.722. The van der Waals surface area contributed by atoms with E-state index in [2.05, 4.69) is 26.0 Å². The third kappa shape index (κ3) is 33.9. The van der Waals surface area contributed by atoms with Gasteiger partial charge in [0.1, 0.15) is 12.6 Å². The average molecular weight is 738 g/mol. The molecule has 0 saturated carbocycles. The molecule has 2 atom stereocenters. The molecule has 0 rings (SSSR count). The van der Waals surface area contributed by atoms with Gasteiger partial charge in [0.15, 0.2) is 6.10 Å². The van der Waals surface area contributed by atoms with Crippen molar-refractivity contribution in [1.82, 2.24) is 0 Å². The SMILES string of the molecule is CCCC/C=C\CCCCCCCC(=O)OC(COCCC(C(=O)[O-])[N+](C)(C)C)COC(=O)CCCCCCCCCCCCCCCCCCC. The second-order valence-corrected chi connectivity index (χ2v) is 15.9. The van der Waals surface area contributed by atoms with Gasteiger partial charge in [-0.1, -0.05) is 161 Å². The number of carboxylic acids is 1. The molecule has 8 nitrogen and oxygen atoms in total. The summed E-state index contributed by atoms with van der Waals surface area (Å²) >= 11 is 0. The summed E-state index contributed by atoms with van der Waals surface area (Å²) < 4.78 is 17.1. The van der Waals surface area contributed by atoms with Crippen LogP contribution < -0.4 is 5.11 Å². The van der Waals surface area contributed by atoms with Crippen LogP contribution in [0.1, 0.15) is 200 Å². The molecule has 0 saturated heterocycles. The molecule has 0 aliphatic heterocycles. The minimum atomic E-state index is -1.12. The number of nitrogens with zero attached hydrogens (tertiary/aromatic N) is 1. The average Bonchev–Trinajstić information content (AvgIpc) is 3.09. The van der Waals surface area contributed by atoms with Crippen molar-refractivity contribution in [1.29, 1.82) is 0 Å². The topological polar surface area (TPSA) is 102 Å². The molecule has 0 spiro atoms. The Balaban J connectivity index is 4.28. The molecule has 0 aliphatic rings. The number of carboxylic acid groups (broad SMARTS) is 1. The maximum atomic E-state index is 12.7.